The molecule has 0 unspecified atom stereocenters. The van der Waals surface area contributed by atoms with Gasteiger partial charge < -0.3 is 14.8 Å². The van der Waals surface area contributed by atoms with E-state index in [0.29, 0.717) is 29.2 Å². The number of hydrogen-bond donors (Lipinski definition) is 2. The minimum atomic E-state index is -0.923. The molecule has 0 fully saturated rings. The van der Waals surface area contributed by atoms with Gasteiger partial charge in [-0.1, -0.05) is 0 Å². The molecule has 3 rings (SSSR count). The Balaban J connectivity index is 1.78. The van der Waals surface area contributed by atoms with Crippen molar-refractivity contribution in [1.29, 1.82) is 0 Å². The van der Waals surface area contributed by atoms with Gasteiger partial charge in [-0.2, -0.15) is 5.10 Å². The first kappa shape index (κ1) is 23.5. The van der Waals surface area contributed by atoms with E-state index in [1.54, 1.807) is 13.2 Å². The number of ether oxygens (including phenoxy) is 2. The number of ketones is 1. The van der Waals surface area contributed by atoms with Gasteiger partial charge in [0.05, 0.1) is 25.4 Å². The van der Waals surface area contributed by atoms with E-state index < -0.39 is 16.6 Å². The number of carbonyl (C=O) groups is 2. The Labute approximate surface area is 190 Å². The van der Waals surface area contributed by atoms with Crippen LogP contribution in [0.3, 0.4) is 0 Å². The molecule has 1 aliphatic heterocycles. The zero-order chi connectivity index (χ0) is 24.2. The van der Waals surface area contributed by atoms with E-state index in [1.807, 2.05) is 19.9 Å². The van der Waals surface area contributed by atoms with Crippen molar-refractivity contribution >= 4 is 29.3 Å². The zero-order valence-corrected chi connectivity index (χ0v) is 18.7. The van der Waals surface area contributed by atoms with E-state index in [0.717, 1.165) is 11.1 Å². The molecule has 172 valence electrons. The van der Waals surface area contributed by atoms with Crippen LogP contribution in [-0.4, -0.2) is 42.6 Å². The lowest BCUT2D eigenvalue weighted by Gasteiger charge is -2.36. The Morgan fingerprint density at radius 1 is 1.15 bits per heavy atom. The Hall–Kier alpha value is -4.21. The van der Waals surface area contributed by atoms with Gasteiger partial charge in [-0.05, 0) is 55.7 Å². The average molecular weight is 452 g/mol. The van der Waals surface area contributed by atoms with Gasteiger partial charge in [0, 0.05) is 35.0 Å². The number of hydrogen-bond acceptors (Lipinski definition) is 8. The summed E-state index contributed by atoms with van der Waals surface area (Å²) in [5.41, 5.74) is 4.46. The molecular formula is C23H24N4O6. The van der Waals surface area contributed by atoms with Gasteiger partial charge in [0.15, 0.2) is 11.5 Å². The van der Waals surface area contributed by atoms with Crippen LogP contribution in [-0.2, 0) is 16.0 Å². The summed E-state index contributed by atoms with van der Waals surface area (Å²) >= 11 is 0. The number of non-ortho nitro benzene ring substituents is 1. The zero-order valence-electron chi connectivity index (χ0n) is 18.7. The van der Waals surface area contributed by atoms with Crippen molar-refractivity contribution in [3.63, 3.8) is 0 Å². The molecule has 0 bridgehead atoms. The maximum Gasteiger partial charge on any atom is 0.311 e. The second kappa shape index (κ2) is 9.51. The highest BCUT2D eigenvalue weighted by atomic mass is 16.6. The third kappa shape index (κ3) is 5.53. The number of hydrazone groups is 1. The smallest absolute Gasteiger partial charge is 0.311 e. The molecule has 0 aliphatic carbocycles. The molecule has 10 nitrogen and oxygen atoms in total. The van der Waals surface area contributed by atoms with Gasteiger partial charge in [-0.3, -0.25) is 19.7 Å². The summed E-state index contributed by atoms with van der Waals surface area (Å²) in [6, 6.07) is 9.21. The molecule has 0 atom stereocenters. The number of amides is 1. The summed E-state index contributed by atoms with van der Waals surface area (Å²) < 4.78 is 10.7. The summed E-state index contributed by atoms with van der Waals surface area (Å²) in [7, 11) is 3.08. The van der Waals surface area contributed by atoms with Crippen LogP contribution >= 0.6 is 0 Å². The number of methoxy groups -OCH3 is 2. The summed E-state index contributed by atoms with van der Waals surface area (Å²) in [5, 5.41) is 17.7. The van der Waals surface area contributed by atoms with Crippen molar-refractivity contribution in [3.8, 4) is 11.5 Å². The number of fused-ring (bicyclic) bond motifs is 1. The molecule has 1 amide bonds. The Bertz CT molecular complexity index is 1150. The average Bonchev–Trinajstić information content (AvgIpc) is 2.77. The molecule has 1 heterocycles. The van der Waals surface area contributed by atoms with E-state index in [4.69, 9.17) is 9.47 Å². The number of nitro benzene ring substituents is 1. The van der Waals surface area contributed by atoms with Crippen LogP contribution in [0, 0.1) is 10.1 Å². The van der Waals surface area contributed by atoms with Crippen molar-refractivity contribution < 1.29 is 24.0 Å². The van der Waals surface area contributed by atoms with Crippen molar-refractivity contribution in [1.82, 2.24) is 10.7 Å². The molecule has 0 aromatic heterocycles. The van der Waals surface area contributed by atoms with Gasteiger partial charge in [0.2, 0.25) is 5.78 Å². The fourth-order valence-electron chi connectivity index (χ4n) is 3.48. The van der Waals surface area contributed by atoms with E-state index in [-0.39, 0.29) is 11.2 Å². The molecular weight excluding hydrogens is 428 g/mol. The van der Waals surface area contributed by atoms with Crippen LogP contribution in [0.4, 0.5) is 5.69 Å². The number of rotatable bonds is 7. The molecule has 0 spiro atoms. The monoisotopic (exact) mass is 452 g/mol. The second-order valence-electron chi connectivity index (χ2n) is 8.02. The largest absolute Gasteiger partial charge is 0.493 e. The second-order valence-corrected chi connectivity index (χ2v) is 8.02. The van der Waals surface area contributed by atoms with Gasteiger partial charge in [0.25, 0.3) is 5.69 Å². The summed E-state index contributed by atoms with van der Waals surface area (Å²) in [4.78, 5) is 35.0. The SMILES string of the molecule is COc1cc2c(cc1OC)C(=CC(=O)C(=O)NN=Cc1ccc([N+](=O)[O-])cc1)NC(C)(C)C2. The molecule has 0 saturated heterocycles. The van der Waals surface area contributed by atoms with Crippen LogP contribution in [0.15, 0.2) is 47.6 Å². The number of carbonyl (C=O) groups excluding carboxylic acids is 2. The normalized spacial score (nSPS) is 15.5. The number of benzene rings is 2. The van der Waals surface area contributed by atoms with Crippen molar-refractivity contribution in [2.24, 2.45) is 5.10 Å². The lowest BCUT2D eigenvalue weighted by atomic mass is 9.85. The quantitative estimate of drug-likeness (QED) is 0.217. The molecule has 1 aliphatic rings. The van der Waals surface area contributed by atoms with E-state index in [1.165, 1.54) is 43.7 Å². The lowest BCUT2D eigenvalue weighted by molar-refractivity contribution is -0.384. The lowest BCUT2D eigenvalue weighted by Crippen LogP contribution is -2.44. The molecule has 0 saturated carbocycles. The minimum Gasteiger partial charge on any atom is -0.493 e. The first-order chi connectivity index (χ1) is 15.6. The Morgan fingerprint density at radius 2 is 1.79 bits per heavy atom. The van der Waals surface area contributed by atoms with Crippen molar-refractivity contribution in [2.75, 3.05) is 14.2 Å². The molecule has 0 radical (unpaired) electrons. The summed E-state index contributed by atoms with van der Waals surface area (Å²) in [6.07, 6.45) is 3.19. The van der Waals surface area contributed by atoms with Crippen molar-refractivity contribution in [3.05, 3.63) is 69.3 Å². The standard InChI is InChI=1S/C23H24N4O6/c1-23(2)12-15-9-20(32-3)21(33-4)10-17(15)18(25-23)11-19(28)22(29)26-24-13-14-5-7-16(8-6-14)27(30)31/h5-11,13,25H,12H2,1-4H3,(H,26,29). The highest BCUT2D eigenvalue weighted by molar-refractivity contribution is 6.41. The van der Waals surface area contributed by atoms with Crippen LogP contribution in [0.5, 0.6) is 11.5 Å². The molecule has 2 aromatic rings. The fraction of sp³-hybridized carbons (Fsp3) is 0.261. The maximum atomic E-state index is 12.5. The first-order valence-electron chi connectivity index (χ1n) is 10.0. The summed E-state index contributed by atoms with van der Waals surface area (Å²) in [6.45, 7) is 3.97. The number of nitro groups is 1. The highest BCUT2D eigenvalue weighted by Gasteiger charge is 2.30. The van der Waals surface area contributed by atoms with Gasteiger partial charge in [0.1, 0.15) is 0 Å². The van der Waals surface area contributed by atoms with Gasteiger partial charge in [-0.25, -0.2) is 5.43 Å². The number of nitrogens with zero attached hydrogens (tertiary/aromatic N) is 2. The Kier molecular flexibility index (Phi) is 6.76. The van der Waals surface area contributed by atoms with E-state index in [9.17, 15) is 19.7 Å². The van der Waals surface area contributed by atoms with E-state index >= 15 is 0 Å². The summed E-state index contributed by atoms with van der Waals surface area (Å²) in [5.74, 6) is -0.629. The van der Waals surface area contributed by atoms with Crippen LogP contribution in [0.2, 0.25) is 0 Å². The molecule has 2 N–H and O–H groups in total. The van der Waals surface area contributed by atoms with Crippen LogP contribution in [0.1, 0.15) is 30.5 Å². The molecule has 10 heteroatoms. The van der Waals surface area contributed by atoms with Crippen molar-refractivity contribution in [2.45, 2.75) is 25.8 Å². The third-order valence-electron chi connectivity index (χ3n) is 4.99. The van der Waals surface area contributed by atoms with Gasteiger partial charge >= 0.3 is 5.91 Å². The maximum absolute atomic E-state index is 12.5. The number of nitrogens with one attached hydrogen (secondary N) is 2. The topological polar surface area (TPSA) is 132 Å². The molecule has 2 aromatic carbocycles. The Morgan fingerprint density at radius 3 is 2.39 bits per heavy atom. The fourth-order valence-corrected chi connectivity index (χ4v) is 3.48. The predicted molar refractivity (Wildman–Crippen MR) is 122 cm³/mol. The minimum absolute atomic E-state index is 0.0598. The third-order valence-corrected chi connectivity index (χ3v) is 4.99. The van der Waals surface area contributed by atoms with E-state index in [2.05, 4.69) is 15.8 Å². The van der Waals surface area contributed by atoms with Crippen LogP contribution < -0.4 is 20.2 Å². The van der Waals surface area contributed by atoms with Gasteiger partial charge in [-0.15, -0.1) is 0 Å². The molecule has 33 heavy (non-hydrogen) atoms. The highest BCUT2D eigenvalue weighted by Crippen LogP contribution is 2.37. The van der Waals surface area contributed by atoms with Crippen LogP contribution in [0.25, 0.3) is 5.70 Å². The predicted octanol–water partition coefficient (Wildman–Crippen LogP) is 2.60. The first-order valence-corrected chi connectivity index (χ1v) is 10.0.